The standard InChI is InChI=1S/C12H22N2O2/c1-16-10-7-12(8-10,11(13)15)14-9-5-3-2-4-6-9/h9-10,14H,2-8H2,1H3,(H2,13,15). The molecule has 0 aromatic carbocycles. The predicted molar refractivity (Wildman–Crippen MR) is 62.0 cm³/mol. The lowest BCUT2D eigenvalue weighted by atomic mass is 9.72. The fourth-order valence-electron chi connectivity index (χ4n) is 2.91. The first-order valence-electron chi connectivity index (χ1n) is 6.27. The maximum absolute atomic E-state index is 11.5. The second kappa shape index (κ2) is 4.72. The SMILES string of the molecule is COC1CC(NC2CCCCC2)(C(N)=O)C1. The maximum Gasteiger partial charge on any atom is 0.237 e. The highest BCUT2D eigenvalue weighted by atomic mass is 16.5. The minimum absolute atomic E-state index is 0.198. The summed E-state index contributed by atoms with van der Waals surface area (Å²) in [6.45, 7) is 0. The largest absolute Gasteiger partial charge is 0.381 e. The molecule has 92 valence electrons. The van der Waals surface area contributed by atoms with Crippen LogP contribution in [0.5, 0.6) is 0 Å². The van der Waals surface area contributed by atoms with E-state index in [1.165, 1.54) is 32.1 Å². The molecule has 0 atom stereocenters. The first-order chi connectivity index (χ1) is 7.66. The monoisotopic (exact) mass is 226 g/mol. The third-order valence-corrected chi connectivity index (χ3v) is 4.04. The van der Waals surface area contributed by atoms with Crippen LogP contribution >= 0.6 is 0 Å². The van der Waals surface area contributed by atoms with Gasteiger partial charge in [-0.25, -0.2) is 0 Å². The van der Waals surface area contributed by atoms with Crippen LogP contribution in [0.25, 0.3) is 0 Å². The molecule has 0 bridgehead atoms. The van der Waals surface area contributed by atoms with Crippen molar-refractivity contribution in [1.29, 1.82) is 0 Å². The Bertz CT molecular complexity index is 256. The third-order valence-electron chi connectivity index (χ3n) is 4.04. The van der Waals surface area contributed by atoms with Crippen molar-refractivity contribution < 1.29 is 9.53 Å². The van der Waals surface area contributed by atoms with Crippen molar-refractivity contribution in [2.24, 2.45) is 5.73 Å². The van der Waals surface area contributed by atoms with E-state index < -0.39 is 5.54 Å². The van der Waals surface area contributed by atoms with Crippen molar-refractivity contribution in [3.05, 3.63) is 0 Å². The summed E-state index contributed by atoms with van der Waals surface area (Å²) >= 11 is 0. The lowest BCUT2D eigenvalue weighted by Gasteiger charge is -2.47. The van der Waals surface area contributed by atoms with Crippen LogP contribution in [-0.2, 0) is 9.53 Å². The van der Waals surface area contributed by atoms with Crippen LogP contribution in [0, 0.1) is 0 Å². The molecule has 0 heterocycles. The molecule has 2 aliphatic carbocycles. The minimum atomic E-state index is -0.483. The number of hydrogen-bond donors (Lipinski definition) is 2. The normalized spacial score (nSPS) is 35.7. The Morgan fingerprint density at radius 2 is 1.94 bits per heavy atom. The molecule has 16 heavy (non-hydrogen) atoms. The van der Waals surface area contributed by atoms with Crippen LogP contribution in [0.1, 0.15) is 44.9 Å². The molecule has 0 aromatic rings. The average Bonchev–Trinajstić information content (AvgIpc) is 2.23. The molecule has 0 unspecified atom stereocenters. The van der Waals surface area contributed by atoms with Crippen LogP contribution in [-0.4, -0.2) is 30.7 Å². The van der Waals surface area contributed by atoms with Crippen molar-refractivity contribution >= 4 is 5.91 Å². The molecule has 3 N–H and O–H groups in total. The highest BCUT2D eigenvalue weighted by Gasteiger charge is 2.50. The quantitative estimate of drug-likeness (QED) is 0.750. The van der Waals surface area contributed by atoms with E-state index in [-0.39, 0.29) is 12.0 Å². The molecule has 2 rings (SSSR count). The van der Waals surface area contributed by atoms with Crippen LogP contribution in [0.4, 0.5) is 0 Å². The summed E-state index contributed by atoms with van der Waals surface area (Å²) < 4.78 is 5.23. The zero-order chi connectivity index (χ0) is 11.6. The van der Waals surface area contributed by atoms with E-state index in [2.05, 4.69) is 5.32 Å². The van der Waals surface area contributed by atoms with Gasteiger partial charge in [0.25, 0.3) is 0 Å². The molecule has 4 nitrogen and oxygen atoms in total. The van der Waals surface area contributed by atoms with Gasteiger partial charge in [-0.15, -0.1) is 0 Å². The highest BCUT2D eigenvalue weighted by Crippen LogP contribution is 2.35. The Labute approximate surface area is 96.9 Å². The van der Waals surface area contributed by atoms with Gasteiger partial charge in [-0.05, 0) is 12.8 Å². The summed E-state index contributed by atoms with van der Waals surface area (Å²) in [7, 11) is 1.69. The number of amides is 1. The van der Waals surface area contributed by atoms with Gasteiger partial charge in [0.1, 0.15) is 5.54 Å². The average molecular weight is 226 g/mol. The Hall–Kier alpha value is -0.610. The molecule has 4 heteroatoms. The first-order valence-corrected chi connectivity index (χ1v) is 6.27. The fraction of sp³-hybridized carbons (Fsp3) is 0.917. The number of primary amides is 1. The van der Waals surface area contributed by atoms with Gasteiger partial charge in [0.15, 0.2) is 0 Å². The van der Waals surface area contributed by atoms with Crippen molar-refractivity contribution in [2.45, 2.75) is 62.6 Å². The van der Waals surface area contributed by atoms with E-state index >= 15 is 0 Å². The van der Waals surface area contributed by atoms with Gasteiger partial charge in [-0.1, -0.05) is 19.3 Å². The number of methoxy groups -OCH3 is 1. The van der Waals surface area contributed by atoms with Crippen molar-refractivity contribution in [3.8, 4) is 0 Å². The van der Waals surface area contributed by atoms with Crippen LogP contribution in [0.2, 0.25) is 0 Å². The molecule has 1 amide bonds. The van der Waals surface area contributed by atoms with E-state index in [1.807, 2.05) is 0 Å². The summed E-state index contributed by atoms with van der Waals surface area (Å²) in [5.41, 5.74) is 5.03. The molecular weight excluding hydrogens is 204 g/mol. The fourth-order valence-corrected chi connectivity index (χ4v) is 2.91. The topological polar surface area (TPSA) is 64.3 Å². The summed E-state index contributed by atoms with van der Waals surface area (Å²) in [5, 5.41) is 3.48. The molecule has 2 aliphatic rings. The van der Waals surface area contributed by atoms with Gasteiger partial charge in [0.05, 0.1) is 6.10 Å². The Balaban J connectivity index is 1.91. The zero-order valence-corrected chi connectivity index (χ0v) is 10.00. The van der Waals surface area contributed by atoms with Gasteiger partial charge < -0.3 is 15.8 Å². The number of nitrogens with two attached hydrogens (primary N) is 1. The first kappa shape index (κ1) is 11.9. The molecule has 0 saturated heterocycles. The minimum Gasteiger partial charge on any atom is -0.381 e. The number of nitrogens with one attached hydrogen (secondary N) is 1. The van der Waals surface area contributed by atoms with E-state index in [0.29, 0.717) is 6.04 Å². The van der Waals surface area contributed by atoms with E-state index in [4.69, 9.17) is 10.5 Å². The summed E-state index contributed by atoms with van der Waals surface area (Å²) in [5.74, 6) is -0.216. The van der Waals surface area contributed by atoms with Crippen LogP contribution < -0.4 is 11.1 Å². The van der Waals surface area contributed by atoms with Crippen molar-refractivity contribution in [3.63, 3.8) is 0 Å². The molecule has 2 fully saturated rings. The number of hydrogen-bond acceptors (Lipinski definition) is 3. The second-order valence-electron chi connectivity index (χ2n) is 5.19. The third kappa shape index (κ3) is 2.23. The van der Waals surface area contributed by atoms with Gasteiger partial charge in [0.2, 0.25) is 5.91 Å². The van der Waals surface area contributed by atoms with Gasteiger partial charge in [0, 0.05) is 26.0 Å². The number of rotatable bonds is 4. The molecule has 0 radical (unpaired) electrons. The number of carbonyl (C=O) groups excluding carboxylic acids is 1. The molecule has 0 aliphatic heterocycles. The van der Waals surface area contributed by atoms with Gasteiger partial charge in [-0.2, -0.15) is 0 Å². The lowest BCUT2D eigenvalue weighted by Crippen LogP contribution is -2.67. The van der Waals surface area contributed by atoms with Gasteiger partial charge >= 0.3 is 0 Å². The van der Waals surface area contributed by atoms with E-state index in [1.54, 1.807) is 7.11 Å². The summed E-state index contributed by atoms with van der Waals surface area (Å²) in [6, 6.07) is 0.471. The Kier molecular flexibility index (Phi) is 3.50. The van der Waals surface area contributed by atoms with Crippen molar-refractivity contribution in [2.75, 3.05) is 7.11 Å². The van der Waals surface area contributed by atoms with E-state index in [9.17, 15) is 4.79 Å². The highest BCUT2D eigenvalue weighted by molar-refractivity contribution is 5.86. The number of carbonyl (C=O) groups is 1. The lowest BCUT2D eigenvalue weighted by molar-refractivity contribution is -0.136. The molecular formula is C12H22N2O2. The summed E-state index contributed by atoms with van der Waals surface area (Å²) in [4.78, 5) is 11.5. The molecule has 0 spiro atoms. The smallest absolute Gasteiger partial charge is 0.237 e. The molecule has 0 aromatic heterocycles. The maximum atomic E-state index is 11.5. The van der Waals surface area contributed by atoms with E-state index in [0.717, 1.165) is 12.8 Å². The van der Waals surface area contributed by atoms with Crippen LogP contribution in [0.3, 0.4) is 0 Å². The van der Waals surface area contributed by atoms with Crippen LogP contribution in [0.15, 0.2) is 0 Å². The summed E-state index contributed by atoms with van der Waals surface area (Å²) in [6.07, 6.45) is 7.86. The zero-order valence-electron chi connectivity index (χ0n) is 10.00. The predicted octanol–water partition coefficient (Wildman–Crippen LogP) is 0.942. The number of ether oxygens (including phenoxy) is 1. The van der Waals surface area contributed by atoms with Crippen molar-refractivity contribution in [1.82, 2.24) is 5.32 Å². The second-order valence-corrected chi connectivity index (χ2v) is 5.19. The Morgan fingerprint density at radius 3 is 2.44 bits per heavy atom. The molecule has 2 saturated carbocycles. The Morgan fingerprint density at radius 1 is 1.31 bits per heavy atom. The van der Waals surface area contributed by atoms with Gasteiger partial charge in [-0.3, -0.25) is 4.79 Å².